The highest BCUT2D eigenvalue weighted by Crippen LogP contribution is 2.32. The summed E-state index contributed by atoms with van der Waals surface area (Å²) in [5.74, 6) is 1.30. The Balaban J connectivity index is 2.26. The van der Waals surface area contributed by atoms with Gasteiger partial charge in [0.25, 0.3) is 0 Å². The van der Waals surface area contributed by atoms with Crippen LogP contribution in [0.3, 0.4) is 0 Å². The zero-order chi connectivity index (χ0) is 14.1. The van der Waals surface area contributed by atoms with Gasteiger partial charge in [-0.05, 0) is 30.3 Å². The van der Waals surface area contributed by atoms with Crippen LogP contribution in [0.2, 0.25) is 5.02 Å². The van der Waals surface area contributed by atoms with Crippen LogP contribution >= 0.6 is 11.6 Å². The summed E-state index contributed by atoms with van der Waals surface area (Å²) in [4.78, 5) is 7.67. The molecule has 0 saturated carbocycles. The van der Waals surface area contributed by atoms with Crippen molar-refractivity contribution in [2.45, 2.75) is 0 Å². The Kier molecular flexibility index (Phi) is 3.05. The van der Waals surface area contributed by atoms with Crippen molar-refractivity contribution in [3.8, 4) is 23.2 Å². The molecule has 3 aromatic rings. The summed E-state index contributed by atoms with van der Waals surface area (Å²) < 4.78 is 5.32. The summed E-state index contributed by atoms with van der Waals surface area (Å²) in [6, 6.07) is 12.9. The third kappa shape index (κ3) is 1.98. The monoisotopic (exact) mass is 283 g/mol. The van der Waals surface area contributed by atoms with Gasteiger partial charge < -0.3 is 9.72 Å². The minimum Gasteiger partial charge on any atom is -0.496 e. The number of imidazole rings is 1. The SMILES string of the molecule is COc1ccc(Cl)cc1-c1nc2c(C#N)cccc2[nH]1. The molecular weight excluding hydrogens is 274 g/mol. The van der Waals surface area contributed by atoms with E-state index in [-0.39, 0.29) is 0 Å². The van der Waals surface area contributed by atoms with E-state index in [1.807, 2.05) is 12.1 Å². The molecule has 0 fully saturated rings. The van der Waals surface area contributed by atoms with E-state index >= 15 is 0 Å². The largest absolute Gasteiger partial charge is 0.496 e. The lowest BCUT2D eigenvalue weighted by Crippen LogP contribution is -1.89. The Bertz CT molecular complexity index is 833. The van der Waals surface area contributed by atoms with Crippen LogP contribution < -0.4 is 4.74 Å². The fraction of sp³-hybridized carbons (Fsp3) is 0.0667. The summed E-state index contributed by atoms with van der Waals surface area (Å²) in [7, 11) is 1.59. The number of benzene rings is 2. The van der Waals surface area contributed by atoms with Crippen molar-refractivity contribution in [3.63, 3.8) is 0 Å². The minimum atomic E-state index is 0.533. The van der Waals surface area contributed by atoms with Crippen LogP contribution in [-0.2, 0) is 0 Å². The number of fused-ring (bicyclic) bond motifs is 1. The number of nitrogens with zero attached hydrogens (tertiary/aromatic N) is 2. The van der Waals surface area contributed by atoms with E-state index in [1.54, 1.807) is 31.4 Å². The molecule has 0 aliphatic rings. The molecule has 3 rings (SSSR count). The Morgan fingerprint density at radius 2 is 2.15 bits per heavy atom. The fourth-order valence-corrected chi connectivity index (χ4v) is 2.29. The molecule has 0 spiro atoms. The van der Waals surface area contributed by atoms with Crippen LogP contribution in [0, 0.1) is 11.3 Å². The third-order valence-electron chi connectivity index (χ3n) is 3.05. The van der Waals surface area contributed by atoms with Gasteiger partial charge in [0, 0.05) is 5.02 Å². The second kappa shape index (κ2) is 4.87. The molecule has 0 atom stereocenters. The number of H-pyrrole nitrogens is 1. The average molecular weight is 284 g/mol. The van der Waals surface area contributed by atoms with Crippen molar-refractivity contribution in [3.05, 3.63) is 47.0 Å². The highest BCUT2D eigenvalue weighted by atomic mass is 35.5. The van der Waals surface area contributed by atoms with Crippen molar-refractivity contribution >= 4 is 22.6 Å². The number of para-hydroxylation sites is 1. The highest BCUT2D eigenvalue weighted by Gasteiger charge is 2.13. The number of hydrogen-bond acceptors (Lipinski definition) is 3. The van der Waals surface area contributed by atoms with Gasteiger partial charge in [0.2, 0.25) is 0 Å². The lowest BCUT2D eigenvalue weighted by atomic mass is 10.2. The van der Waals surface area contributed by atoms with Crippen LogP contribution in [0.25, 0.3) is 22.4 Å². The van der Waals surface area contributed by atoms with Crippen molar-refractivity contribution in [2.75, 3.05) is 7.11 Å². The minimum absolute atomic E-state index is 0.533. The summed E-state index contributed by atoms with van der Waals surface area (Å²) in [6.45, 7) is 0. The van der Waals surface area contributed by atoms with E-state index in [4.69, 9.17) is 21.6 Å². The van der Waals surface area contributed by atoms with Crippen LogP contribution in [0.15, 0.2) is 36.4 Å². The van der Waals surface area contributed by atoms with Crippen LogP contribution in [0.4, 0.5) is 0 Å². The maximum absolute atomic E-state index is 9.11. The van der Waals surface area contributed by atoms with Crippen LogP contribution in [-0.4, -0.2) is 17.1 Å². The maximum Gasteiger partial charge on any atom is 0.142 e. The number of nitriles is 1. The molecule has 0 amide bonds. The molecule has 98 valence electrons. The van der Waals surface area contributed by atoms with Gasteiger partial charge in [-0.3, -0.25) is 0 Å². The molecule has 1 heterocycles. The van der Waals surface area contributed by atoms with Crippen molar-refractivity contribution < 1.29 is 4.74 Å². The molecular formula is C15H10ClN3O. The molecule has 4 nitrogen and oxygen atoms in total. The summed E-state index contributed by atoms with van der Waals surface area (Å²) >= 11 is 6.03. The number of ether oxygens (including phenoxy) is 1. The van der Waals surface area contributed by atoms with Gasteiger partial charge in [0.15, 0.2) is 0 Å². The van der Waals surface area contributed by atoms with Crippen LogP contribution in [0.1, 0.15) is 5.56 Å². The Morgan fingerprint density at radius 3 is 2.90 bits per heavy atom. The van der Waals surface area contributed by atoms with Gasteiger partial charge in [-0.2, -0.15) is 5.26 Å². The van der Waals surface area contributed by atoms with Gasteiger partial charge in [-0.15, -0.1) is 0 Å². The first-order valence-corrected chi connectivity index (χ1v) is 6.33. The number of aromatic nitrogens is 2. The first kappa shape index (κ1) is 12.5. The molecule has 0 aliphatic carbocycles. The molecule has 1 aromatic heterocycles. The summed E-state index contributed by atoms with van der Waals surface area (Å²) in [5.41, 5.74) is 2.75. The summed E-state index contributed by atoms with van der Waals surface area (Å²) in [5, 5.41) is 9.71. The molecule has 2 aromatic carbocycles. The van der Waals surface area contributed by atoms with Gasteiger partial charge in [-0.25, -0.2) is 4.98 Å². The van der Waals surface area contributed by atoms with Crippen molar-refractivity contribution in [1.29, 1.82) is 5.26 Å². The average Bonchev–Trinajstić information content (AvgIpc) is 2.90. The van der Waals surface area contributed by atoms with Crippen molar-refractivity contribution in [2.24, 2.45) is 0 Å². The third-order valence-corrected chi connectivity index (χ3v) is 3.28. The van der Waals surface area contributed by atoms with E-state index in [2.05, 4.69) is 16.0 Å². The fourth-order valence-electron chi connectivity index (χ4n) is 2.12. The Labute approximate surface area is 120 Å². The lowest BCUT2D eigenvalue weighted by Gasteiger charge is -2.06. The zero-order valence-corrected chi connectivity index (χ0v) is 11.4. The predicted octanol–water partition coefficient (Wildman–Crippen LogP) is 3.76. The zero-order valence-electron chi connectivity index (χ0n) is 10.6. The predicted molar refractivity (Wildman–Crippen MR) is 77.8 cm³/mol. The Morgan fingerprint density at radius 1 is 1.30 bits per heavy atom. The van der Waals surface area contributed by atoms with Gasteiger partial charge in [-0.1, -0.05) is 17.7 Å². The molecule has 5 heteroatoms. The number of methoxy groups -OCH3 is 1. The lowest BCUT2D eigenvalue weighted by molar-refractivity contribution is 0.416. The molecule has 20 heavy (non-hydrogen) atoms. The normalized spacial score (nSPS) is 10.4. The van der Waals surface area contributed by atoms with Gasteiger partial charge >= 0.3 is 0 Å². The van der Waals surface area contributed by atoms with Crippen molar-refractivity contribution in [1.82, 2.24) is 9.97 Å². The van der Waals surface area contributed by atoms with Crippen LogP contribution in [0.5, 0.6) is 5.75 Å². The second-order valence-corrected chi connectivity index (χ2v) is 4.68. The van der Waals surface area contributed by atoms with Gasteiger partial charge in [0.05, 0.1) is 23.8 Å². The molecule has 0 radical (unpaired) electrons. The number of halogens is 1. The molecule has 0 bridgehead atoms. The number of aromatic amines is 1. The van der Waals surface area contributed by atoms with E-state index in [9.17, 15) is 0 Å². The number of nitrogens with one attached hydrogen (secondary N) is 1. The molecule has 0 aliphatic heterocycles. The topological polar surface area (TPSA) is 61.7 Å². The standard InChI is InChI=1S/C15H10ClN3O/c1-20-13-6-5-10(16)7-11(13)15-18-12-4-2-3-9(8-17)14(12)19-15/h2-7H,1H3,(H,18,19). The first-order chi connectivity index (χ1) is 9.72. The number of hydrogen-bond donors (Lipinski definition) is 1. The molecule has 0 unspecified atom stereocenters. The second-order valence-electron chi connectivity index (χ2n) is 4.24. The summed E-state index contributed by atoms with van der Waals surface area (Å²) in [6.07, 6.45) is 0. The molecule has 1 N–H and O–H groups in total. The number of rotatable bonds is 2. The molecule has 0 saturated heterocycles. The van der Waals surface area contributed by atoms with E-state index in [1.165, 1.54) is 0 Å². The van der Waals surface area contributed by atoms with Gasteiger partial charge in [0.1, 0.15) is 23.2 Å². The smallest absolute Gasteiger partial charge is 0.142 e. The van der Waals surface area contributed by atoms with E-state index in [0.29, 0.717) is 27.7 Å². The highest BCUT2D eigenvalue weighted by molar-refractivity contribution is 6.30. The first-order valence-electron chi connectivity index (χ1n) is 5.95. The maximum atomic E-state index is 9.11. The Hall–Kier alpha value is -2.51. The van der Waals surface area contributed by atoms with E-state index < -0.39 is 0 Å². The van der Waals surface area contributed by atoms with E-state index in [0.717, 1.165) is 11.1 Å². The quantitative estimate of drug-likeness (QED) is 0.779.